The smallest absolute Gasteiger partial charge is 0.307 e. The molecule has 1 aromatic carbocycles. The number of carbonyl (C=O) groups is 1. The summed E-state index contributed by atoms with van der Waals surface area (Å²) in [4.78, 5) is 10.7. The highest BCUT2D eigenvalue weighted by Crippen LogP contribution is 2.36. The van der Waals surface area contributed by atoms with Crippen molar-refractivity contribution in [1.29, 1.82) is 0 Å². The van der Waals surface area contributed by atoms with Crippen LogP contribution < -0.4 is 4.74 Å². The predicted molar refractivity (Wildman–Crippen MR) is 63.9 cm³/mol. The fraction of sp³-hybridized carbons (Fsp3) is 0.250. The van der Waals surface area contributed by atoms with Crippen LogP contribution in [0, 0.1) is 6.92 Å². The number of methoxy groups -OCH3 is 1. The molecule has 0 fully saturated rings. The van der Waals surface area contributed by atoms with Gasteiger partial charge in [0.25, 0.3) is 0 Å². The number of rotatable bonds is 3. The zero-order chi connectivity index (χ0) is 12.6. The van der Waals surface area contributed by atoms with E-state index in [1.807, 2.05) is 0 Å². The number of hydrogen-bond donors (Lipinski definition) is 1. The topological polar surface area (TPSA) is 59.7 Å². The second kappa shape index (κ2) is 4.30. The molecule has 4 nitrogen and oxygen atoms in total. The summed E-state index contributed by atoms with van der Waals surface area (Å²) in [6.45, 7) is 1.80. The molecule has 0 aliphatic rings. The molecule has 1 N–H and O–H groups in total. The van der Waals surface area contributed by atoms with Gasteiger partial charge in [-0.15, -0.1) is 0 Å². The van der Waals surface area contributed by atoms with Crippen molar-refractivity contribution in [2.75, 3.05) is 7.11 Å². The summed E-state index contributed by atoms with van der Waals surface area (Å²) < 4.78 is 10.6. The van der Waals surface area contributed by atoms with Crippen molar-refractivity contribution in [2.45, 2.75) is 13.3 Å². The fourth-order valence-corrected chi connectivity index (χ4v) is 2.03. The maximum Gasteiger partial charge on any atom is 0.307 e. The third kappa shape index (κ3) is 2.08. The molecule has 0 amide bonds. The number of benzene rings is 1. The van der Waals surface area contributed by atoms with E-state index in [1.54, 1.807) is 19.1 Å². The Kier molecular flexibility index (Phi) is 2.98. The van der Waals surface area contributed by atoms with E-state index in [-0.39, 0.29) is 6.42 Å². The minimum atomic E-state index is -0.937. The van der Waals surface area contributed by atoms with Gasteiger partial charge in [-0.3, -0.25) is 4.79 Å². The molecule has 5 heteroatoms. The summed E-state index contributed by atoms with van der Waals surface area (Å²) in [6, 6.07) is 3.37. The Morgan fingerprint density at radius 2 is 2.24 bits per heavy atom. The van der Waals surface area contributed by atoms with Crippen molar-refractivity contribution in [3.05, 3.63) is 28.5 Å². The number of ether oxygens (including phenoxy) is 1. The Hall–Kier alpha value is -1.68. The minimum absolute atomic E-state index is 0.143. The molecule has 2 aromatic rings. The molecule has 1 aromatic heterocycles. The molecule has 0 saturated carbocycles. The molecule has 0 aliphatic carbocycles. The predicted octanol–water partition coefficient (Wildman–Crippen LogP) is 3.03. The van der Waals surface area contributed by atoms with E-state index in [2.05, 4.69) is 0 Å². The van der Waals surface area contributed by atoms with Gasteiger partial charge in [0.15, 0.2) is 11.3 Å². The van der Waals surface area contributed by atoms with Crippen LogP contribution in [-0.4, -0.2) is 18.2 Å². The van der Waals surface area contributed by atoms with Gasteiger partial charge in [0.05, 0.1) is 18.6 Å². The van der Waals surface area contributed by atoms with Gasteiger partial charge in [0.1, 0.15) is 5.76 Å². The monoisotopic (exact) mass is 254 g/mol. The molecule has 17 heavy (non-hydrogen) atoms. The van der Waals surface area contributed by atoms with E-state index in [1.165, 1.54) is 7.11 Å². The molecule has 90 valence electrons. The Labute approximate surface area is 103 Å². The molecular formula is C12H11ClO4. The van der Waals surface area contributed by atoms with Gasteiger partial charge in [-0.05, 0) is 24.6 Å². The number of aliphatic carboxylic acids is 1. The first-order valence-electron chi connectivity index (χ1n) is 5.00. The summed E-state index contributed by atoms with van der Waals surface area (Å²) in [5.74, 6) is 0.259. The standard InChI is InChI=1S/C12H11ClO4/c1-6-3-8-11(13)7(5-10(14)15)4-9(16-2)12(8)17-6/h3-4H,5H2,1-2H3,(H,14,15). The lowest BCUT2D eigenvalue weighted by molar-refractivity contribution is -0.136. The van der Waals surface area contributed by atoms with Gasteiger partial charge >= 0.3 is 5.97 Å². The van der Waals surface area contributed by atoms with Crippen molar-refractivity contribution in [2.24, 2.45) is 0 Å². The minimum Gasteiger partial charge on any atom is -0.493 e. The molecule has 1 heterocycles. The number of halogens is 1. The van der Waals surface area contributed by atoms with Crippen LogP contribution in [0.5, 0.6) is 5.75 Å². The SMILES string of the molecule is COc1cc(CC(=O)O)c(Cl)c2cc(C)oc12. The number of aryl methyl sites for hydroxylation is 1. The van der Waals surface area contributed by atoms with Gasteiger partial charge in [0.2, 0.25) is 0 Å². The Morgan fingerprint density at radius 3 is 2.82 bits per heavy atom. The first-order chi connectivity index (χ1) is 8.02. The molecule has 0 radical (unpaired) electrons. The molecule has 0 unspecified atom stereocenters. The summed E-state index contributed by atoms with van der Waals surface area (Å²) in [6.07, 6.45) is -0.143. The molecule has 2 rings (SSSR count). The van der Waals surface area contributed by atoms with Crippen LogP contribution in [0.1, 0.15) is 11.3 Å². The van der Waals surface area contributed by atoms with Crippen LogP contribution in [0.3, 0.4) is 0 Å². The zero-order valence-corrected chi connectivity index (χ0v) is 10.2. The number of carboxylic acid groups (broad SMARTS) is 1. The lowest BCUT2D eigenvalue weighted by Crippen LogP contribution is -2.01. The molecule has 0 bridgehead atoms. The highest BCUT2D eigenvalue weighted by Gasteiger charge is 2.16. The van der Waals surface area contributed by atoms with Crippen molar-refractivity contribution < 1.29 is 19.1 Å². The van der Waals surface area contributed by atoms with Crippen LogP contribution >= 0.6 is 11.6 Å². The van der Waals surface area contributed by atoms with Gasteiger partial charge in [-0.2, -0.15) is 0 Å². The summed E-state index contributed by atoms with van der Waals surface area (Å²) >= 11 is 6.15. The zero-order valence-electron chi connectivity index (χ0n) is 9.41. The van der Waals surface area contributed by atoms with Crippen LogP contribution in [0.4, 0.5) is 0 Å². The van der Waals surface area contributed by atoms with Crippen molar-refractivity contribution in [3.63, 3.8) is 0 Å². The number of fused-ring (bicyclic) bond motifs is 1. The Balaban J connectivity index is 2.70. The Bertz CT molecular complexity index is 586. The van der Waals surface area contributed by atoms with E-state index in [4.69, 9.17) is 25.9 Å². The van der Waals surface area contributed by atoms with E-state index < -0.39 is 5.97 Å². The van der Waals surface area contributed by atoms with Crippen LogP contribution in [-0.2, 0) is 11.2 Å². The largest absolute Gasteiger partial charge is 0.493 e. The van der Waals surface area contributed by atoms with E-state index in [0.29, 0.717) is 33.1 Å². The second-order valence-electron chi connectivity index (χ2n) is 3.72. The highest BCUT2D eigenvalue weighted by atomic mass is 35.5. The average molecular weight is 255 g/mol. The average Bonchev–Trinajstić information content (AvgIpc) is 2.64. The lowest BCUT2D eigenvalue weighted by Gasteiger charge is -2.06. The van der Waals surface area contributed by atoms with Crippen molar-refractivity contribution in [3.8, 4) is 5.75 Å². The molecular weight excluding hydrogens is 244 g/mol. The maximum absolute atomic E-state index is 10.7. The van der Waals surface area contributed by atoms with Crippen LogP contribution in [0.2, 0.25) is 5.02 Å². The second-order valence-corrected chi connectivity index (χ2v) is 4.10. The highest BCUT2D eigenvalue weighted by molar-refractivity contribution is 6.36. The van der Waals surface area contributed by atoms with Crippen LogP contribution in [0.25, 0.3) is 11.0 Å². The molecule has 0 saturated heterocycles. The Morgan fingerprint density at radius 1 is 1.53 bits per heavy atom. The van der Waals surface area contributed by atoms with E-state index in [0.717, 1.165) is 0 Å². The first-order valence-corrected chi connectivity index (χ1v) is 5.38. The normalized spacial score (nSPS) is 10.8. The van der Waals surface area contributed by atoms with E-state index >= 15 is 0 Å². The van der Waals surface area contributed by atoms with Gasteiger partial charge in [-0.25, -0.2) is 0 Å². The van der Waals surface area contributed by atoms with Crippen molar-refractivity contribution in [1.82, 2.24) is 0 Å². The fourth-order valence-electron chi connectivity index (χ4n) is 1.76. The van der Waals surface area contributed by atoms with E-state index in [9.17, 15) is 4.79 Å². The molecule has 0 atom stereocenters. The summed E-state index contributed by atoms with van der Waals surface area (Å²) in [5, 5.41) is 9.89. The third-order valence-electron chi connectivity index (χ3n) is 2.46. The van der Waals surface area contributed by atoms with Gasteiger partial charge in [-0.1, -0.05) is 11.6 Å². The summed E-state index contributed by atoms with van der Waals surface area (Å²) in [5.41, 5.74) is 1.06. The van der Waals surface area contributed by atoms with Gasteiger partial charge in [0, 0.05) is 5.39 Å². The van der Waals surface area contributed by atoms with Crippen molar-refractivity contribution >= 4 is 28.5 Å². The summed E-state index contributed by atoms with van der Waals surface area (Å²) in [7, 11) is 1.51. The molecule has 0 spiro atoms. The number of hydrogen-bond acceptors (Lipinski definition) is 3. The molecule has 0 aliphatic heterocycles. The maximum atomic E-state index is 10.7. The number of carboxylic acids is 1. The lowest BCUT2D eigenvalue weighted by atomic mass is 10.1. The quantitative estimate of drug-likeness (QED) is 0.915. The third-order valence-corrected chi connectivity index (χ3v) is 2.91. The van der Waals surface area contributed by atoms with Gasteiger partial charge < -0.3 is 14.3 Å². The number of furan rings is 1. The first kappa shape index (κ1) is 11.8. The van der Waals surface area contributed by atoms with Crippen LogP contribution in [0.15, 0.2) is 16.5 Å².